The van der Waals surface area contributed by atoms with E-state index in [1.54, 1.807) is 0 Å². The van der Waals surface area contributed by atoms with E-state index in [0.29, 0.717) is 13.2 Å². The fraction of sp³-hybridized carbons (Fsp3) is 0.800. The smallest absolute Gasteiger partial charge is 0.179 e. The minimum absolute atomic E-state index is 0.0165. The van der Waals surface area contributed by atoms with Crippen LogP contribution in [0.1, 0.15) is 44.4 Å². The van der Waals surface area contributed by atoms with Crippen molar-refractivity contribution in [2.45, 2.75) is 39.2 Å². The SMILES string of the molecule is CCCC(OCC)c1n[nH]c(CCN)n1. The Kier molecular flexibility index (Phi) is 5.28. The highest BCUT2D eigenvalue weighted by molar-refractivity contribution is 4.94. The number of ether oxygens (including phenoxy) is 1. The molecule has 0 saturated heterocycles. The molecule has 5 heteroatoms. The molecule has 1 unspecified atom stereocenters. The summed E-state index contributed by atoms with van der Waals surface area (Å²) >= 11 is 0. The fourth-order valence-electron chi connectivity index (χ4n) is 1.45. The van der Waals surface area contributed by atoms with Gasteiger partial charge in [-0.15, -0.1) is 0 Å². The topological polar surface area (TPSA) is 76.8 Å². The van der Waals surface area contributed by atoms with Crippen LogP contribution in [0.25, 0.3) is 0 Å². The molecule has 15 heavy (non-hydrogen) atoms. The molecule has 1 aromatic heterocycles. The maximum atomic E-state index is 5.58. The van der Waals surface area contributed by atoms with Crippen molar-refractivity contribution in [3.63, 3.8) is 0 Å². The average molecular weight is 212 g/mol. The number of aromatic nitrogens is 3. The Morgan fingerprint density at radius 1 is 1.47 bits per heavy atom. The van der Waals surface area contributed by atoms with Crippen molar-refractivity contribution in [3.05, 3.63) is 11.6 Å². The second-order valence-corrected chi connectivity index (χ2v) is 3.41. The lowest BCUT2D eigenvalue weighted by Gasteiger charge is -2.11. The van der Waals surface area contributed by atoms with Gasteiger partial charge in [0, 0.05) is 13.0 Å². The molecule has 1 heterocycles. The Morgan fingerprint density at radius 2 is 2.27 bits per heavy atom. The average Bonchev–Trinajstić information content (AvgIpc) is 2.67. The molecule has 1 atom stereocenters. The lowest BCUT2D eigenvalue weighted by molar-refractivity contribution is 0.0496. The van der Waals surface area contributed by atoms with Crippen LogP contribution in [0.3, 0.4) is 0 Å². The van der Waals surface area contributed by atoms with Crippen LogP contribution in [0.5, 0.6) is 0 Å². The highest BCUT2D eigenvalue weighted by Crippen LogP contribution is 2.18. The van der Waals surface area contributed by atoms with Gasteiger partial charge < -0.3 is 10.5 Å². The first-order chi connectivity index (χ1) is 7.31. The fourth-order valence-corrected chi connectivity index (χ4v) is 1.45. The summed E-state index contributed by atoms with van der Waals surface area (Å²) in [4.78, 5) is 4.37. The van der Waals surface area contributed by atoms with Crippen molar-refractivity contribution in [2.75, 3.05) is 13.2 Å². The number of hydrogen-bond donors (Lipinski definition) is 2. The van der Waals surface area contributed by atoms with Gasteiger partial charge in [-0.25, -0.2) is 4.98 Å². The van der Waals surface area contributed by atoms with Crippen LogP contribution in [0.2, 0.25) is 0 Å². The van der Waals surface area contributed by atoms with Crippen LogP contribution in [0, 0.1) is 0 Å². The molecule has 1 rings (SSSR count). The number of nitrogens with zero attached hydrogens (tertiary/aromatic N) is 2. The Morgan fingerprint density at radius 3 is 2.87 bits per heavy atom. The number of nitrogens with one attached hydrogen (secondary N) is 1. The number of H-pyrrole nitrogens is 1. The molecule has 0 aliphatic heterocycles. The third-order valence-corrected chi connectivity index (χ3v) is 2.14. The number of rotatable bonds is 7. The first kappa shape index (κ1) is 12.1. The maximum Gasteiger partial charge on any atom is 0.179 e. The number of hydrogen-bond acceptors (Lipinski definition) is 4. The van der Waals surface area contributed by atoms with E-state index in [9.17, 15) is 0 Å². The van der Waals surface area contributed by atoms with E-state index >= 15 is 0 Å². The molecule has 0 amide bonds. The largest absolute Gasteiger partial charge is 0.370 e. The molecule has 1 aromatic rings. The third-order valence-electron chi connectivity index (χ3n) is 2.14. The molecule has 86 valence electrons. The van der Waals surface area contributed by atoms with Crippen molar-refractivity contribution in [2.24, 2.45) is 5.73 Å². The van der Waals surface area contributed by atoms with Crippen molar-refractivity contribution in [3.8, 4) is 0 Å². The van der Waals surface area contributed by atoms with E-state index in [4.69, 9.17) is 10.5 Å². The Balaban J connectivity index is 2.63. The van der Waals surface area contributed by atoms with Crippen molar-refractivity contribution < 1.29 is 4.74 Å². The van der Waals surface area contributed by atoms with Crippen LogP contribution < -0.4 is 5.73 Å². The monoisotopic (exact) mass is 212 g/mol. The highest BCUT2D eigenvalue weighted by Gasteiger charge is 2.15. The predicted molar refractivity (Wildman–Crippen MR) is 58.4 cm³/mol. The van der Waals surface area contributed by atoms with Gasteiger partial charge in [-0.1, -0.05) is 13.3 Å². The zero-order valence-electron chi connectivity index (χ0n) is 9.49. The van der Waals surface area contributed by atoms with Crippen molar-refractivity contribution in [1.82, 2.24) is 15.2 Å². The third kappa shape index (κ3) is 3.60. The molecule has 3 N–H and O–H groups in total. The number of aromatic amines is 1. The molecule has 0 radical (unpaired) electrons. The minimum atomic E-state index is 0.0165. The van der Waals surface area contributed by atoms with Crippen LogP contribution in [0.4, 0.5) is 0 Å². The predicted octanol–water partition coefficient (Wildman–Crippen LogP) is 1.18. The molecule has 0 fully saturated rings. The van der Waals surface area contributed by atoms with E-state index in [0.717, 1.165) is 30.9 Å². The summed E-state index contributed by atoms with van der Waals surface area (Å²) in [6.07, 6.45) is 2.76. The molecule has 0 aliphatic rings. The molecule has 5 nitrogen and oxygen atoms in total. The summed E-state index contributed by atoms with van der Waals surface area (Å²) in [5, 5.41) is 7.04. The van der Waals surface area contributed by atoms with Gasteiger partial charge in [-0.05, 0) is 19.9 Å². The lowest BCUT2D eigenvalue weighted by atomic mass is 10.2. The number of nitrogens with two attached hydrogens (primary N) is 1. The standard InChI is InChI=1S/C10H20N4O/c1-3-5-8(15-4-2)10-12-9(6-7-11)13-14-10/h8H,3-7,11H2,1-2H3,(H,12,13,14). The summed E-state index contributed by atoms with van der Waals surface area (Å²) in [7, 11) is 0. The second kappa shape index (κ2) is 6.53. The van der Waals surface area contributed by atoms with Crippen molar-refractivity contribution in [1.29, 1.82) is 0 Å². The van der Waals surface area contributed by atoms with E-state index in [1.807, 2.05) is 6.92 Å². The van der Waals surface area contributed by atoms with Gasteiger partial charge in [0.15, 0.2) is 5.82 Å². The second-order valence-electron chi connectivity index (χ2n) is 3.41. The summed E-state index contributed by atoms with van der Waals surface area (Å²) in [6.45, 7) is 5.38. The van der Waals surface area contributed by atoms with Crippen LogP contribution in [0.15, 0.2) is 0 Å². The Hall–Kier alpha value is -0.940. The molecule has 0 aliphatic carbocycles. The molecule has 0 aromatic carbocycles. The van der Waals surface area contributed by atoms with E-state index in [1.165, 1.54) is 0 Å². The molecule has 0 saturated carbocycles. The van der Waals surface area contributed by atoms with E-state index < -0.39 is 0 Å². The van der Waals surface area contributed by atoms with Crippen molar-refractivity contribution >= 4 is 0 Å². The highest BCUT2D eigenvalue weighted by atomic mass is 16.5. The quantitative estimate of drug-likeness (QED) is 0.711. The van der Waals surface area contributed by atoms with Crippen LogP contribution in [-0.2, 0) is 11.2 Å². The van der Waals surface area contributed by atoms with Gasteiger partial charge in [-0.2, -0.15) is 5.10 Å². The molecule has 0 bridgehead atoms. The lowest BCUT2D eigenvalue weighted by Crippen LogP contribution is -2.07. The summed E-state index contributed by atoms with van der Waals surface area (Å²) in [5.74, 6) is 1.59. The van der Waals surface area contributed by atoms with Crippen LogP contribution >= 0.6 is 0 Å². The van der Waals surface area contributed by atoms with Gasteiger partial charge in [-0.3, -0.25) is 5.10 Å². The summed E-state index contributed by atoms with van der Waals surface area (Å²) in [6, 6.07) is 0. The molecule has 0 spiro atoms. The van der Waals surface area contributed by atoms with Gasteiger partial charge in [0.1, 0.15) is 11.9 Å². The first-order valence-electron chi connectivity index (χ1n) is 5.54. The van der Waals surface area contributed by atoms with Crippen LogP contribution in [-0.4, -0.2) is 28.3 Å². The maximum absolute atomic E-state index is 5.58. The zero-order chi connectivity index (χ0) is 11.1. The first-order valence-corrected chi connectivity index (χ1v) is 5.54. The van der Waals surface area contributed by atoms with Gasteiger partial charge in [0.25, 0.3) is 0 Å². The minimum Gasteiger partial charge on any atom is -0.370 e. The Bertz CT molecular complexity index is 268. The van der Waals surface area contributed by atoms with Gasteiger partial charge in [0.2, 0.25) is 0 Å². The zero-order valence-corrected chi connectivity index (χ0v) is 9.49. The van der Waals surface area contributed by atoms with Gasteiger partial charge in [0.05, 0.1) is 0 Å². The molecular formula is C10H20N4O. The Labute approximate surface area is 90.4 Å². The van der Waals surface area contributed by atoms with E-state index in [2.05, 4.69) is 22.1 Å². The normalized spacial score (nSPS) is 13.0. The summed E-state index contributed by atoms with van der Waals surface area (Å²) < 4.78 is 5.58. The summed E-state index contributed by atoms with van der Waals surface area (Å²) in [5.41, 5.74) is 5.44. The van der Waals surface area contributed by atoms with E-state index in [-0.39, 0.29) is 6.10 Å². The molecular weight excluding hydrogens is 192 g/mol. The van der Waals surface area contributed by atoms with Gasteiger partial charge >= 0.3 is 0 Å².